The SMILES string of the molecule is O=C(NCCCCCn1ccnc1)c1ccncc1. The molecule has 2 aromatic heterocycles. The molecule has 1 N–H and O–H groups in total. The van der Waals surface area contributed by atoms with E-state index in [4.69, 9.17) is 0 Å². The second-order valence-electron chi connectivity index (χ2n) is 4.35. The largest absolute Gasteiger partial charge is 0.352 e. The van der Waals surface area contributed by atoms with E-state index in [1.54, 1.807) is 30.7 Å². The second kappa shape index (κ2) is 7.31. The molecule has 0 saturated heterocycles. The monoisotopic (exact) mass is 258 g/mol. The Balaban J connectivity index is 1.56. The number of nitrogens with zero attached hydrogens (tertiary/aromatic N) is 3. The lowest BCUT2D eigenvalue weighted by Gasteiger charge is -2.05. The van der Waals surface area contributed by atoms with E-state index in [0.29, 0.717) is 12.1 Å². The van der Waals surface area contributed by atoms with Crippen molar-refractivity contribution in [2.24, 2.45) is 0 Å². The molecule has 0 aliphatic heterocycles. The Bertz CT molecular complexity index is 481. The van der Waals surface area contributed by atoms with Crippen LogP contribution in [0.1, 0.15) is 29.6 Å². The summed E-state index contributed by atoms with van der Waals surface area (Å²) in [6, 6.07) is 3.43. The van der Waals surface area contributed by atoms with Gasteiger partial charge in [-0.15, -0.1) is 0 Å². The molecule has 0 radical (unpaired) electrons. The van der Waals surface area contributed by atoms with Crippen LogP contribution < -0.4 is 5.32 Å². The molecule has 0 bridgehead atoms. The fourth-order valence-corrected chi connectivity index (χ4v) is 1.82. The number of carbonyl (C=O) groups is 1. The van der Waals surface area contributed by atoms with Gasteiger partial charge in [0, 0.05) is 43.4 Å². The zero-order valence-electron chi connectivity index (χ0n) is 10.8. The number of unbranched alkanes of at least 4 members (excludes halogenated alkanes) is 2. The van der Waals surface area contributed by atoms with Gasteiger partial charge < -0.3 is 9.88 Å². The molecular weight excluding hydrogens is 240 g/mol. The van der Waals surface area contributed by atoms with Crippen molar-refractivity contribution in [2.45, 2.75) is 25.8 Å². The summed E-state index contributed by atoms with van der Waals surface area (Å²) >= 11 is 0. The zero-order valence-corrected chi connectivity index (χ0v) is 10.8. The predicted molar refractivity (Wildman–Crippen MR) is 72.6 cm³/mol. The predicted octanol–water partition coefficient (Wildman–Crippen LogP) is 1.88. The molecule has 0 unspecified atom stereocenters. The van der Waals surface area contributed by atoms with Crippen molar-refractivity contribution in [3.63, 3.8) is 0 Å². The third kappa shape index (κ3) is 4.54. The Labute approximate surface area is 112 Å². The molecule has 1 amide bonds. The summed E-state index contributed by atoms with van der Waals surface area (Å²) in [5.41, 5.74) is 0.661. The highest BCUT2D eigenvalue weighted by atomic mass is 16.1. The number of hydrogen-bond acceptors (Lipinski definition) is 3. The molecule has 0 spiro atoms. The normalized spacial score (nSPS) is 10.3. The van der Waals surface area contributed by atoms with Gasteiger partial charge >= 0.3 is 0 Å². The summed E-state index contributed by atoms with van der Waals surface area (Å²) < 4.78 is 2.07. The summed E-state index contributed by atoms with van der Waals surface area (Å²) in [6.45, 7) is 1.70. The number of nitrogens with one attached hydrogen (secondary N) is 1. The highest BCUT2D eigenvalue weighted by molar-refractivity contribution is 5.93. The summed E-state index contributed by atoms with van der Waals surface area (Å²) in [5.74, 6) is -0.0305. The molecule has 5 nitrogen and oxygen atoms in total. The quantitative estimate of drug-likeness (QED) is 0.771. The number of imidazole rings is 1. The minimum atomic E-state index is -0.0305. The van der Waals surface area contributed by atoms with Crippen molar-refractivity contribution in [3.8, 4) is 0 Å². The maximum Gasteiger partial charge on any atom is 0.251 e. The summed E-state index contributed by atoms with van der Waals surface area (Å²) in [4.78, 5) is 19.6. The van der Waals surface area contributed by atoms with Crippen LogP contribution in [-0.2, 0) is 6.54 Å². The summed E-state index contributed by atoms with van der Waals surface area (Å²) in [7, 11) is 0. The van der Waals surface area contributed by atoms with Crippen molar-refractivity contribution < 1.29 is 4.79 Å². The van der Waals surface area contributed by atoms with Gasteiger partial charge in [0.05, 0.1) is 6.33 Å². The Morgan fingerprint density at radius 3 is 2.68 bits per heavy atom. The number of carbonyl (C=O) groups excluding carboxylic acids is 1. The number of amides is 1. The van der Waals surface area contributed by atoms with Crippen LogP contribution in [0.3, 0.4) is 0 Å². The van der Waals surface area contributed by atoms with Gasteiger partial charge in [0.25, 0.3) is 5.91 Å². The fraction of sp³-hybridized carbons (Fsp3) is 0.357. The number of hydrogen-bond donors (Lipinski definition) is 1. The smallest absolute Gasteiger partial charge is 0.251 e. The molecule has 5 heteroatoms. The first-order valence-corrected chi connectivity index (χ1v) is 6.50. The maximum absolute atomic E-state index is 11.7. The Morgan fingerprint density at radius 2 is 1.95 bits per heavy atom. The molecule has 0 fully saturated rings. The Hall–Kier alpha value is -2.17. The molecule has 0 aliphatic rings. The molecule has 100 valence electrons. The molecule has 0 saturated carbocycles. The number of rotatable bonds is 7. The lowest BCUT2D eigenvalue weighted by Crippen LogP contribution is -2.24. The van der Waals surface area contributed by atoms with Crippen molar-refractivity contribution in [1.82, 2.24) is 19.9 Å². The maximum atomic E-state index is 11.7. The van der Waals surface area contributed by atoms with E-state index < -0.39 is 0 Å². The first-order valence-electron chi connectivity index (χ1n) is 6.50. The van der Waals surface area contributed by atoms with Crippen LogP contribution in [0.15, 0.2) is 43.2 Å². The molecule has 19 heavy (non-hydrogen) atoms. The molecule has 0 aliphatic carbocycles. The topological polar surface area (TPSA) is 59.8 Å². The number of aromatic nitrogens is 3. The van der Waals surface area contributed by atoms with Crippen molar-refractivity contribution in [2.75, 3.05) is 6.54 Å². The van der Waals surface area contributed by atoms with Gasteiger partial charge in [-0.3, -0.25) is 9.78 Å². The van der Waals surface area contributed by atoms with Gasteiger partial charge in [0.2, 0.25) is 0 Å². The zero-order chi connectivity index (χ0) is 13.3. The highest BCUT2D eigenvalue weighted by Gasteiger charge is 2.02. The lowest BCUT2D eigenvalue weighted by atomic mass is 10.2. The van der Waals surface area contributed by atoms with E-state index in [1.165, 1.54) is 0 Å². The number of aryl methyl sites for hydroxylation is 1. The highest BCUT2D eigenvalue weighted by Crippen LogP contribution is 1.99. The minimum absolute atomic E-state index is 0.0305. The van der Waals surface area contributed by atoms with Crippen LogP contribution >= 0.6 is 0 Å². The summed E-state index contributed by atoms with van der Waals surface area (Å²) in [6.07, 6.45) is 12.0. The first-order chi connectivity index (χ1) is 9.36. The van der Waals surface area contributed by atoms with Gasteiger partial charge in [-0.05, 0) is 31.4 Å². The van der Waals surface area contributed by atoms with Crippen molar-refractivity contribution in [3.05, 3.63) is 48.8 Å². The molecule has 2 aromatic rings. The Morgan fingerprint density at radius 1 is 1.11 bits per heavy atom. The Kier molecular flexibility index (Phi) is 5.10. The van der Waals surface area contributed by atoms with E-state index in [2.05, 4.69) is 19.9 Å². The third-order valence-electron chi connectivity index (χ3n) is 2.88. The second-order valence-corrected chi connectivity index (χ2v) is 4.35. The van der Waals surface area contributed by atoms with Gasteiger partial charge in [-0.1, -0.05) is 0 Å². The molecule has 2 rings (SSSR count). The minimum Gasteiger partial charge on any atom is -0.352 e. The van der Waals surface area contributed by atoms with Crippen LogP contribution in [-0.4, -0.2) is 27.0 Å². The van der Waals surface area contributed by atoms with E-state index >= 15 is 0 Å². The molecular formula is C14H18N4O. The van der Waals surface area contributed by atoms with Crippen LogP contribution in [0, 0.1) is 0 Å². The van der Waals surface area contributed by atoms with Crippen molar-refractivity contribution in [1.29, 1.82) is 0 Å². The molecule has 0 atom stereocenters. The van der Waals surface area contributed by atoms with Gasteiger partial charge in [-0.2, -0.15) is 0 Å². The fourth-order valence-electron chi connectivity index (χ4n) is 1.82. The van der Waals surface area contributed by atoms with Gasteiger partial charge in [0.1, 0.15) is 0 Å². The van der Waals surface area contributed by atoms with Crippen LogP contribution in [0.5, 0.6) is 0 Å². The third-order valence-corrected chi connectivity index (χ3v) is 2.88. The average molecular weight is 258 g/mol. The van der Waals surface area contributed by atoms with Crippen LogP contribution in [0.4, 0.5) is 0 Å². The molecule has 0 aromatic carbocycles. The van der Waals surface area contributed by atoms with Gasteiger partial charge in [0.15, 0.2) is 0 Å². The van der Waals surface area contributed by atoms with E-state index in [1.807, 2.05) is 12.5 Å². The lowest BCUT2D eigenvalue weighted by molar-refractivity contribution is 0.0953. The number of pyridine rings is 1. The first kappa shape index (κ1) is 13.3. The van der Waals surface area contributed by atoms with E-state index in [-0.39, 0.29) is 5.91 Å². The van der Waals surface area contributed by atoms with E-state index in [9.17, 15) is 4.79 Å². The average Bonchev–Trinajstić information content (AvgIpc) is 2.96. The van der Waals surface area contributed by atoms with Crippen LogP contribution in [0.25, 0.3) is 0 Å². The van der Waals surface area contributed by atoms with Crippen LogP contribution in [0.2, 0.25) is 0 Å². The summed E-state index contributed by atoms with van der Waals surface area (Å²) in [5, 5.41) is 2.91. The molecule has 2 heterocycles. The van der Waals surface area contributed by atoms with Gasteiger partial charge in [-0.25, -0.2) is 4.98 Å². The van der Waals surface area contributed by atoms with E-state index in [0.717, 1.165) is 25.8 Å². The standard InChI is InChI=1S/C14H18N4O/c19-14(13-4-7-15-8-5-13)17-6-2-1-3-10-18-11-9-16-12-18/h4-5,7-9,11-12H,1-3,6,10H2,(H,17,19). The van der Waals surface area contributed by atoms with Crippen molar-refractivity contribution >= 4 is 5.91 Å².